The summed E-state index contributed by atoms with van der Waals surface area (Å²) in [6.07, 6.45) is 1.66. The van der Waals surface area contributed by atoms with E-state index in [4.69, 9.17) is 17.3 Å². The zero-order valence-corrected chi connectivity index (χ0v) is 7.97. The summed E-state index contributed by atoms with van der Waals surface area (Å²) in [7, 11) is 0. The Morgan fingerprint density at radius 1 is 1.38 bits per heavy atom. The van der Waals surface area contributed by atoms with Crippen LogP contribution in [0.4, 0.5) is 5.69 Å². The molecule has 13 heavy (non-hydrogen) atoms. The predicted molar refractivity (Wildman–Crippen MR) is 55.9 cm³/mol. The van der Waals surface area contributed by atoms with Crippen LogP contribution >= 0.6 is 11.6 Å². The maximum Gasteiger partial charge on any atom is 0.0721 e. The fourth-order valence-electron chi connectivity index (χ4n) is 1.32. The molecule has 2 N–H and O–H groups in total. The molecule has 0 radical (unpaired) electrons. The molecule has 0 saturated carbocycles. The molecular weight excluding hydrogens is 184 g/mol. The van der Waals surface area contributed by atoms with E-state index < -0.39 is 0 Å². The molecule has 0 aliphatic heterocycles. The Morgan fingerprint density at radius 2 is 2.15 bits per heavy atom. The van der Waals surface area contributed by atoms with E-state index in [1.807, 2.05) is 25.1 Å². The molecule has 0 fully saturated rings. The average molecular weight is 193 g/mol. The quantitative estimate of drug-likeness (QED) is 0.697. The van der Waals surface area contributed by atoms with Crippen LogP contribution in [0.15, 0.2) is 24.4 Å². The van der Waals surface area contributed by atoms with E-state index in [2.05, 4.69) is 4.98 Å². The summed E-state index contributed by atoms with van der Waals surface area (Å²) in [5.41, 5.74) is 8.39. The van der Waals surface area contributed by atoms with Crippen molar-refractivity contribution in [1.29, 1.82) is 0 Å². The van der Waals surface area contributed by atoms with Gasteiger partial charge in [-0.05, 0) is 24.6 Å². The highest BCUT2D eigenvalue weighted by molar-refractivity contribution is 6.31. The van der Waals surface area contributed by atoms with Crippen molar-refractivity contribution in [2.24, 2.45) is 0 Å². The minimum atomic E-state index is 0.698. The SMILES string of the molecule is Cc1c(N)cnc2cc(Cl)ccc12. The van der Waals surface area contributed by atoms with E-state index in [1.165, 1.54) is 0 Å². The number of aryl methyl sites for hydroxylation is 1. The Morgan fingerprint density at radius 3 is 2.92 bits per heavy atom. The second-order valence-electron chi connectivity index (χ2n) is 3.00. The number of rotatable bonds is 0. The summed E-state index contributed by atoms with van der Waals surface area (Å²) < 4.78 is 0. The van der Waals surface area contributed by atoms with Crippen LogP contribution in [0, 0.1) is 6.92 Å². The summed E-state index contributed by atoms with van der Waals surface area (Å²) in [5.74, 6) is 0. The van der Waals surface area contributed by atoms with Gasteiger partial charge in [0.2, 0.25) is 0 Å². The molecule has 1 aromatic carbocycles. The molecular formula is C10H9ClN2. The van der Waals surface area contributed by atoms with Crippen molar-refractivity contribution in [1.82, 2.24) is 4.98 Å². The maximum absolute atomic E-state index is 5.84. The molecule has 1 aromatic heterocycles. The molecule has 66 valence electrons. The lowest BCUT2D eigenvalue weighted by atomic mass is 10.1. The van der Waals surface area contributed by atoms with Gasteiger partial charge in [-0.15, -0.1) is 0 Å². The lowest BCUT2D eigenvalue weighted by Crippen LogP contribution is -1.92. The molecule has 0 amide bonds. The summed E-state index contributed by atoms with van der Waals surface area (Å²) >= 11 is 5.84. The first-order valence-electron chi connectivity index (χ1n) is 3.99. The van der Waals surface area contributed by atoms with Crippen LogP contribution in [-0.4, -0.2) is 4.98 Å². The number of hydrogen-bond acceptors (Lipinski definition) is 2. The Labute approximate surface area is 81.3 Å². The summed E-state index contributed by atoms with van der Waals surface area (Å²) in [5, 5.41) is 1.76. The molecule has 0 aliphatic carbocycles. The van der Waals surface area contributed by atoms with Crippen molar-refractivity contribution in [2.75, 3.05) is 5.73 Å². The minimum Gasteiger partial charge on any atom is -0.397 e. The number of fused-ring (bicyclic) bond motifs is 1. The average Bonchev–Trinajstić information content (AvgIpc) is 2.12. The normalized spacial score (nSPS) is 10.6. The van der Waals surface area contributed by atoms with Crippen molar-refractivity contribution < 1.29 is 0 Å². The molecule has 0 aliphatic rings. The van der Waals surface area contributed by atoms with Crippen molar-refractivity contribution in [2.45, 2.75) is 6.92 Å². The van der Waals surface area contributed by atoms with Gasteiger partial charge in [0.25, 0.3) is 0 Å². The van der Waals surface area contributed by atoms with Crippen LogP contribution in [0.5, 0.6) is 0 Å². The van der Waals surface area contributed by atoms with Gasteiger partial charge in [-0.3, -0.25) is 4.98 Å². The lowest BCUT2D eigenvalue weighted by molar-refractivity contribution is 1.37. The predicted octanol–water partition coefficient (Wildman–Crippen LogP) is 2.78. The van der Waals surface area contributed by atoms with Gasteiger partial charge in [-0.25, -0.2) is 0 Å². The van der Waals surface area contributed by atoms with Crippen LogP contribution in [0.25, 0.3) is 10.9 Å². The number of hydrogen-bond donors (Lipinski definition) is 1. The van der Waals surface area contributed by atoms with Crippen molar-refractivity contribution in [3.8, 4) is 0 Å². The van der Waals surface area contributed by atoms with Gasteiger partial charge in [0.1, 0.15) is 0 Å². The second-order valence-corrected chi connectivity index (χ2v) is 3.44. The van der Waals surface area contributed by atoms with Crippen LogP contribution < -0.4 is 5.73 Å². The van der Waals surface area contributed by atoms with Crippen LogP contribution in [-0.2, 0) is 0 Å². The zero-order chi connectivity index (χ0) is 9.42. The van der Waals surface area contributed by atoms with E-state index in [0.29, 0.717) is 5.02 Å². The van der Waals surface area contributed by atoms with Gasteiger partial charge in [0.05, 0.1) is 17.4 Å². The molecule has 3 heteroatoms. The van der Waals surface area contributed by atoms with Gasteiger partial charge in [-0.2, -0.15) is 0 Å². The van der Waals surface area contributed by atoms with Gasteiger partial charge in [-0.1, -0.05) is 17.7 Å². The molecule has 0 saturated heterocycles. The fraction of sp³-hybridized carbons (Fsp3) is 0.100. The van der Waals surface area contributed by atoms with Crippen molar-refractivity contribution in [3.05, 3.63) is 35.0 Å². The highest BCUT2D eigenvalue weighted by Crippen LogP contribution is 2.23. The van der Waals surface area contributed by atoms with Gasteiger partial charge >= 0.3 is 0 Å². The lowest BCUT2D eigenvalue weighted by Gasteiger charge is -2.04. The van der Waals surface area contributed by atoms with E-state index in [0.717, 1.165) is 22.2 Å². The number of aromatic nitrogens is 1. The van der Waals surface area contributed by atoms with Gasteiger partial charge in [0.15, 0.2) is 0 Å². The number of pyridine rings is 1. The number of nitrogens with zero attached hydrogens (tertiary/aromatic N) is 1. The molecule has 0 unspecified atom stereocenters. The third kappa shape index (κ3) is 1.33. The Balaban J connectivity index is 2.87. The van der Waals surface area contributed by atoms with Crippen molar-refractivity contribution in [3.63, 3.8) is 0 Å². The summed E-state index contributed by atoms with van der Waals surface area (Å²) in [6.45, 7) is 1.98. The summed E-state index contributed by atoms with van der Waals surface area (Å²) in [4.78, 5) is 4.19. The number of nitrogens with two attached hydrogens (primary N) is 1. The third-order valence-electron chi connectivity index (χ3n) is 2.14. The van der Waals surface area contributed by atoms with Crippen molar-refractivity contribution >= 4 is 28.2 Å². The number of benzene rings is 1. The first-order valence-corrected chi connectivity index (χ1v) is 4.36. The zero-order valence-electron chi connectivity index (χ0n) is 7.21. The highest BCUT2D eigenvalue weighted by Gasteiger charge is 2.01. The third-order valence-corrected chi connectivity index (χ3v) is 2.37. The molecule has 0 bridgehead atoms. The highest BCUT2D eigenvalue weighted by atomic mass is 35.5. The molecule has 2 aromatic rings. The standard InChI is InChI=1S/C10H9ClN2/c1-6-8-3-2-7(11)4-10(8)13-5-9(6)12/h2-5H,12H2,1H3. The van der Waals surface area contributed by atoms with Gasteiger partial charge in [0, 0.05) is 10.4 Å². The summed E-state index contributed by atoms with van der Waals surface area (Å²) in [6, 6.07) is 5.62. The smallest absolute Gasteiger partial charge is 0.0721 e. The Hall–Kier alpha value is -1.28. The molecule has 2 rings (SSSR count). The first kappa shape index (κ1) is 8.32. The Kier molecular flexibility index (Phi) is 1.85. The first-order chi connectivity index (χ1) is 6.18. The molecule has 0 atom stereocenters. The number of anilines is 1. The topological polar surface area (TPSA) is 38.9 Å². The van der Waals surface area contributed by atoms with E-state index in [-0.39, 0.29) is 0 Å². The van der Waals surface area contributed by atoms with E-state index in [1.54, 1.807) is 6.20 Å². The van der Waals surface area contributed by atoms with E-state index in [9.17, 15) is 0 Å². The number of halogens is 1. The minimum absolute atomic E-state index is 0.698. The van der Waals surface area contributed by atoms with E-state index >= 15 is 0 Å². The molecule has 1 heterocycles. The Bertz CT molecular complexity index is 466. The van der Waals surface area contributed by atoms with Crippen LogP contribution in [0.2, 0.25) is 5.02 Å². The molecule has 2 nitrogen and oxygen atoms in total. The molecule has 0 spiro atoms. The second kappa shape index (κ2) is 2.89. The fourth-order valence-corrected chi connectivity index (χ4v) is 1.49. The maximum atomic E-state index is 5.84. The van der Waals surface area contributed by atoms with Gasteiger partial charge < -0.3 is 5.73 Å². The van der Waals surface area contributed by atoms with Crippen LogP contribution in [0.1, 0.15) is 5.56 Å². The monoisotopic (exact) mass is 192 g/mol. The van der Waals surface area contributed by atoms with Crippen LogP contribution in [0.3, 0.4) is 0 Å². The largest absolute Gasteiger partial charge is 0.397 e. The number of nitrogen functional groups attached to an aromatic ring is 1.